The van der Waals surface area contributed by atoms with Crippen molar-refractivity contribution in [1.82, 2.24) is 0 Å². The molecule has 0 fully saturated rings. The van der Waals surface area contributed by atoms with Crippen LogP contribution < -0.4 is 14.2 Å². The van der Waals surface area contributed by atoms with Crippen LogP contribution in [-0.2, 0) is 9.53 Å². The van der Waals surface area contributed by atoms with Crippen LogP contribution in [0, 0.1) is 0 Å². The van der Waals surface area contributed by atoms with Gasteiger partial charge in [-0.1, -0.05) is 0 Å². The first kappa shape index (κ1) is 18.1. The first-order valence-corrected chi connectivity index (χ1v) is 8.99. The molecule has 136 valence electrons. The van der Waals surface area contributed by atoms with E-state index in [2.05, 4.69) is 0 Å². The van der Waals surface area contributed by atoms with Crippen LogP contribution in [0.4, 0.5) is 0 Å². The number of hydrogen-bond donors (Lipinski definition) is 0. The maximum absolute atomic E-state index is 12.2. The molecule has 0 saturated carbocycles. The number of methoxy groups -OCH3 is 1. The normalized spacial score (nSPS) is 12.3. The van der Waals surface area contributed by atoms with Crippen LogP contribution >= 0.6 is 11.8 Å². The number of benzene rings is 2. The Hall–Kier alpha value is -2.67. The molecule has 0 saturated heterocycles. The standard InChI is InChI=1S/C19H18O6S/c1-22-14-3-5-15(6-4-14)26-12-19(21)25-11-16(20)13-2-7-17-18(10-13)24-9-8-23-17/h2-7,10H,8-9,11-12H2,1H3. The monoisotopic (exact) mass is 374 g/mol. The molecule has 26 heavy (non-hydrogen) atoms. The summed E-state index contributed by atoms with van der Waals surface area (Å²) in [5, 5.41) is 0. The van der Waals surface area contributed by atoms with E-state index in [1.165, 1.54) is 11.8 Å². The molecule has 2 aromatic carbocycles. The van der Waals surface area contributed by atoms with Gasteiger partial charge in [0.05, 0.1) is 12.9 Å². The number of Topliss-reactive ketones (excluding diaryl/α,β-unsaturated/α-hetero) is 1. The second-order valence-corrected chi connectivity index (χ2v) is 6.46. The number of esters is 1. The molecule has 0 unspecified atom stereocenters. The Morgan fingerprint density at radius 3 is 2.50 bits per heavy atom. The zero-order valence-corrected chi connectivity index (χ0v) is 15.0. The molecule has 0 aromatic heterocycles. The highest BCUT2D eigenvalue weighted by Gasteiger charge is 2.16. The summed E-state index contributed by atoms with van der Waals surface area (Å²) in [5.74, 6) is 1.29. The lowest BCUT2D eigenvalue weighted by molar-refractivity contribution is -0.139. The minimum absolute atomic E-state index is 0.126. The van der Waals surface area contributed by atoms with E-state index in [-0.39, 0.29) is 18.1 Å². The van der Waals surface area contributed by atoms with E-state index in [9.17, 15) is 9.59 Å². The Morgan fingerprint density at radius 1 is 1.04 bits per heavy atom. The molecule has 0 N–H and O–H groups in total. The zero-order chi connectivity index (χ0) is 18.4. The third-order valence-electron chi connectivity index (χ3n) is 3.64. The first-order chi connectivity index (χ1) is 12.7. The summed E-state index contributed by atoms with van der Waals surface area (Å²) >= 11 is 1.34. The lowest BCUT2D eigenvalue weighted by atomic mass is 10.1. The van der Waals surface area contributed by atoms with Gasteiger partial charge in [0.2, 0.25) is 0 Å². The largest absolute Gasteiger partial charge is 0.497 e. The lowest BCUT2D eigenvalue weighted by Gasteiger charge is -2.18. The smallest absolute Gasteiger partial charge is 0.316 e. The van der Waals surface area contributed by atoms with Gasteiger partial charge in [-0.05, 0) is 42.5 Å². The number of ketones is 1. The molecule has 0 spiro atoms. The van der Waals surface area contributed by atoms with Gasteiger partial charge in [-0.15, -0.1) is 11.8 Å². The van der Waals surface area contributed by atoms with Gasteiger partial charge >= 0.3 is 5.97 Å². The highest BCUT2D eigenvalue weighted by Crippen LogP contribution is 2.30. The molecule has 3 rings (SSSR count). The molecular weight excluding hydrogens is 356 g/mol. The molecule has 1 aliphatic rings. The fourth-order valence-electron chi connectivity index (χ4n) is 2.30. The maximum atomic E-state index is 12.2. The second-order valence-electron chi connectivity index (χ2n) is 5.41. The van der Waals surface area contributed by atoms with Crippen molar-refractivity contribution in [2.75, 3.05) is 32.7 Å². The minimum atomic E-state index is -0.447. The van der Waals surface area contributed by atoms with Gasteiger partial charge in [0.25, 0.3) is 0 Å². The summed E-state index contributed by atoms with van der Waals surface area (Å²) in [6.45, 7) is 0.633. The second kappa shape index (κ2) is 8.62. The van der Waals surface area contributed by atoms with Crippen LogP contribution in [0.2, 0.25) is 0 Å². The van der Waals surface area contributed by atoms with Gasteiger partial charge in [0.1, 0.15) is 19.0 Å². The Labute approximate surface area is 155 Å². The van der Waals surface area contributed by atoms with Crippen LogP contribution in [0.3, 0.4) is 0 Å². The molecule has 1 heterocycles. The van der Waals surface area contributed by atoms with Crippen molar-refractivity contribution in [3.8, 4) is 17.2 Å². The van der Waals surface area contributed by atoms with Crippen LogP contribution in [-0.4, -0.2) is 44.4 Å². The highest BCUT2D eigenvalue weighted by molar-refractivity contribution is 8.00. The van der Waals surface area contributed by atoms with Gasteiger partial charge in [-0.2, -0.15) is 0 Å². The number of fused-ring (bicyclic) bond motifs is 1. The Morgan fingerprint density at radius 2 is 1.77 bits per heavy atom. The van der Waals surface area contributed by atoms with Crippen molar-refractivity contribution in [2.24, 2.45) is 0 Å². The number of carbonyl (C=O) groups excluding carboxylic acids is 2. The average molecular weight is 374 g/mol. The number of rotatable bonds is 7. The predicted molar refractivity (Wildman–Crippen MR) is 96.4 cm³/mol. The highest BCUT2D eigenvalue weighted by atomic mass is 32.2. The molecule has 0 atom stereocenters. The van der Waals surface area contributed by atoms with E-state index in [4.69, 9.17) is 18.9 Å². The quantitative estimate of drug-likeness (QED) is 0.419. The summed E-state index contributed by atoms with van der Waals surface area (Å²) < 4.78 is 21.0. The molecule has 0 aliphatic carbocycles. The SMILES string of the molecule is COc1ccc(SCC(=O)OCC(=O)c2ccc3c(c2)OCCO3)cc1. The zero-order valence-electron chi connectivity index (χ0n) is 14.2. The van der Waals surface area contributed by atoms with Gasteiger partial charge < -0.3 is 18.9 Å². The first-order valence-electron chi connectivity index (χ1n) is 8.01. The summed E-state index contributed by atoms with van der Waals surface area (Å²) in [6.07, 6.45) is 0. The summed E-state index contributed by atoms with van der Waals surface area (Å²) in [5.41, 5.74) is 0.421. The van der Waals surface area contributed by atoms with Crippen LogP contribution in [0.25, 0.3) is 0 Å². The minimum Gasteiger partial charge on any atom is -0.497 e. The van der Waals surface area contributed by atoms with Crippen molar-refractivity contribution >= 4 is 23.5 Å². The van der Waals surface area contributed by atoms with Crippen LogP contribution in [0.5, 0.6) is 17.2 Å². The van der Waals surface area contributed by atoms with E-state index in [0.717, 1.165) is 10.6 Å². The molecule has 0 bridgehead atoms. The van der Waals surface area contributed by atoms with Crippen molar-refractivity contribution in [1.29, 1.82) is 0 Å². The Kier molecular flexibility index (Phi) is 6.01. The fourth-order valence-corrected chi connectivity index (χ4v) is 3.00. The maximum Gasteiger partial charge on any atom is 0.316 e. The Balaban J connectivity index is 1.47. The van der Waals surface area contributed by atoms with E-state index in [1.54, 1.807) is 25.3 Å². The number of carbonyl (C=O) groups is 2. The summed E-state index contributed by atoms with van der Waals surface area (Å²) in [4.78, 5) is 24.9. The molecule has 0 radical (unpaired) electrons. The molecule has 0 amide bonds. The van der Waals surface area contributed by atoms with E-state index >= 15 is 0 Å². The van der Waals surface area contributed by atoms with Gasteiger partial charge in [-0.25, -0.2) is 0 Å². The third kappa shape index (κ3) is 4.70. The third-order valence-corrected chi connectivity index (χ3v) is 4.63. The van der Waals surface area contributed by atoms with Crippen LogP contribution in [0.1, 0.15) is 10.4 Å². The molecule has 7 heteroatoms. The number of ether oxygens (including phenoxy) is 4. The van der Waals surface area contributed by atoms with Crippen molar-refractivity contribution in [3.63, 3.8) is 0 Å². The van der Waals surface area contributed by atoms with Crippen molar-refractivity contribution in [3.05, 3.63) is 48.0 Å². The topological polar surface area (TPSA) is 71.1 Å². The van der Waals surface area contributed by atoms with Crippen LogP contribution in [0.15, 0.2) is 47.4 Å². The molecule has 2 aromatic rings. The predicted octanol–water partition coefficient (Wildman–Crippen LogP) is 2.98. The van der Waals surface area contributed by atoms with Gasteiger partial charge in [0, 0.05) is 10.5 Å². The molecular formula is C19H18O6S. The molecule has 1 aliphatic heterocycles. The summed E-state index contributed by atoms with van der Waals surface area (Å²) in [7, 11) is 1.60. The van der Waals surface area contributed by atoms with Crippen molar-refractivity contribution in [2.45, 2.75) is 4.90 Å². The number of hydrogen-bond acceptors (Lipinski definition) is 7. The van der Waals surface area contributed by atoms with Crippen molar-refractivity contribution < 1.29 is 28.5 Å². The fraction of sp³-hybridized carbons (Fsp3) is 0.263. The van der Waals surface area contributed by atoms with E-state index < -0.39 is 5.97 Å². The molecule has 6 nitrogen and oxygen atoms in total. The van der Waals surface area contributed by atoms with E-state index in [1.807, 2.05) is 24.3 Å². The van der Waals surface area contributed by atoms with Gasteiger partial charge in [0.15, 0.2) is 23.9 Å². The summed E-state index contributed by atoms with van der Waals surface area (Å²) in [6, 6.07) is 12.3. The van der Waals surface area contributed by atoms with Gasteiger partial charge in [-0.3, -0.25) is 9.59 Å². The number of thioether (sulfide) groups is 1. The van der Waals surface area contributed by atoms with E-state index in [0.29, 0.717) is 30.3 Å². The lowest BCUT2D eigenvalue weighted by Crippen LogP contribution is -2.18. The average Bonchev–Trinajstić information content (AvgIpc) is 2.70. The Bertz CT molecular complexity index is 787.